The van der Waals surface area contributed by atoms with E-state index in [1.165, 1.54) is 0 Å². The molecule has 0 saturated carbocycles. The molecular formula is C10H17F3N2O4. The van der Waals surface area contributed by atoms with Gasteiger partial charge in [0.25, 0.3) is 0 Å². The third-order valence-corrected chi connectivity index (χ3v) is 1.74. The Bertz CT molecular complexity index is 326. The molecule has 0 aliphatic carbocycles. The second-order valence-electron chi connectivity index (χ2n) is 4.65. The molecule has 0 bridgehead atoms. The average Bonchev–Trinajstić information content (AvgIpc) is 2.19. The Morgan fingerprint density at radius 3 is 2.11 bits per heavy atom. The smallest absolute Gasteiger partial charge is 0.422 e. The molecule has 0 aromatic carbocycles. The summed E-state index contributed by atoms with van der Waals surface area (Å²) in [7, 11) is 0.969. The van der Waals surface area contributed by atoms with Crippen molar-refractivity contribution in [3.8, 4) is 0 Å². The lowest BCUT2D eigenvalue weighted by atomic mass is 10.2. The Kier molecular flexibility index (Phi) is 6.07. The van der Waals surface area contributed by atoms with Crippen molar-refractivity contribution in [1.29, 1.82) is 0 Å². The van der Waals surface area contributed by atoms with Gasteiger partial charge in [-0.1, -0.05) is 0 Å². The van der Waals surface area contributed by atoms with Gasteiger partial charge in [-0.05, 0) is 20.8 Å². The summed E-state index contributed by atoms with van der Waals surface area (Å²) in [5.41, 5.74) is 2.59. The lowest BCUT2D eigenvalue weighted by Crippen LogP contribution is -2.53. The van der Waals surface area contributed by atoms with Crippen molar-refractivity contribution >= 4 is 12.1 Å². The third kappa shape index (κ3) is 8.25. The molecule has 9 heteroatoms. The largest absolute Gasteiger partial charge is 0.469 e. The van der Waals surface area contributed by atoms with Crippen molar-refractivity contribution in [3.05, 3.63) is 0 Å². The summed E-state index contributed by atoms with van der Waals surface area (Å²) in [5, 5.41) is 0. The normalized spacial score (nSPS) is 13.6. The molecule has 19 heavy (non-hydrogen) atoms. The van der Waals surface area contributed by atoms with Gasteiger partial charge in [0.2, 0.25) is 0 Å². The molecule has 0 aliphatic rings. The van der Waals surface area contributed by atoms with Crippen LogP contribution in [0.15, 0.2) is 0 Å². The predicted octanol–water partition coefficient (Wildman–Crippen LogP) is 1.51. The monoisotopic (exact) mass is 286 g/mol. The molecule has 0 aliphatic heterocycles. The fourth-order valence-corrected chi connectivity index (χ4v) is 0.948. The molecule has 0 radical (unpaired) electrons. The molecule has 0 heterocycles. The molecule has 1 atom stereocenters. The van der Waals surface area contributed by atoms with Gasteiger partial charge in [-0.2, -0.15) is 13.2 Å². The number of nitrogens with one attached hydrogen (secondary N) is 2. The van der Waals surface area contributed by atoms with Crippen LogP contribution >= 0.6 is 0 Å². The molecule has 0 spiro atoms. The molecule has 1 amide bonds. The molecule has 0 unspecified atom stereocenters. The van der Waals surface area contributed by atoms with Crippen LogP contribution in [-0.2, 0) is 14.3 Å². The summed E-state index contributed by atoms with van der Waals surface area (Å²) in [5.74, 6) is -1.05. The number of alkyl halides is 3. The van der Waals surface area contributed by atoms with E-state index in [2.05, 4.69) is 4.74 Å². The number of amides is 1. The number of halogens is 3. The Morgan fingerprint density at radius 2 is 1.74 bits per heavy atom. The summed E-state index contributed by atoms with van der Waals surface area (Å²) in [6.45, 7) is 4.67. The number of ether oxygens (including phenoxy) is 2. The van der Waals surface area contributed by atoms with Crippen molar-refractivity contribution in [2.75, 3.05) is 7.11 Å². The SMILES string of the molecule is COC(=O)C[C@H](NNC(=O)OC(C)(C)C)C(F)(F)F. The quantitative estimate of drug-likeness (QED) is 0.605. The van der Waals surface area contributed by atoms with E-state index in [-0.39, 0.29) is 0 Å². The van der Waals surface area contributed by atoms with E-state index in [1.807, 2.05) is 0 Å². The third-order valence-electron chi connectivity index (χ3n) is 1.74. The van der Waals surface area contributed by atoms with Crippen LogP contribution in [0, 0.1) is 0 Å². The maximum Gasteiger partial charge on any atom is 0.422 e. The van der Waals surface area contributed by atoms with Gasteiger partial charge in [0.1, 0.15) is 11.6 Å². The van der Waals surface area contributed by atoms with Crippen molar-refractivity contribution in [3.63, 3.8) is 0 Å². The summed E-state index contributed by atoms with van der Waals surface area (Å²) in [4.78, 5) is 22.0. The van der Waals surface area contributed by atoms with Crippen molar-refractivity contribution in [2.24, 2.45) is 0 Å². The van der Waals surface area contributed by atoms with Crippen LogP contribution in [0.4, 0.5) is 18.0 Å². The summed E-state index contributed by atoms with van der Waals surface area (Å²) < 4.78 is 46.5. The summed E-state index contributed by atoms with van der Waals surface area (Å²) in [6.07, 6.45) is -6.76. The molecule has 2 N–H and O–H groups in total. The topological polar surface area (TPSA) is 76.7 Å². The lowest BCUT2D eigenvalue weighted by Gasteiger charge is -2.23. The molecule has 0 rings (SSSR count). The van der Waals surface area contributed by atoms with Gasteiger partial charge in [0.15, 0.2) is 0 Å². The maximum absolute atomic E-state index is 12.5. The summed E-state index contributed by atoms with van der Waals surface area (Å²) >= 11 is 0. The van der Waals surface area contributed by atoms with Crippen molar-refractivity contribution < 1.29 is 32.2 Å². The fraction of sp³-hybridized carbons (Fsp3) is 0.800. The second-order valence-corrected chi connectivity index (χ2v) is 4.65. The minimum absolute atomic E-state index is 0.845. The fourth-order valence-electron chi connectivity index (χ4n) is 0.948. The highest BCUT2D eigenvalue weighted by Crippen LogP contribution is 2.22. The number of esters is 1. The zero-order chi connectivity index (χ0) is 15.3. The number of hydrogen-bond donors (Lipinski definition) is 2. The number of hydrogen-bond acceptors (Lipinski definition) is 5. The summed E-state index contributed by atoms with van der Waals surface area (Å²) in [6, 6.07) is -2.26. The van der Waals surface area contributed by atoms with Crippen LogP contribution < -0.4 is 10.9 Å². The van der Waals surface area contributed by atoms with Crippen LogP contribution in [0.5, 0.6) is 0 Å². The van der Waals surface area contributed by atoms with Gasteiger partial charge >= 0.3 is 18.2 Å². The highest BCUT2D eigenvalue weighted by molar-refractivity contribution is 5.70. The number of methoxy groups -OCH3 is 1. The van der Waals surface area contributed by atoms with E-state index in [9.17, 15) is 22.8 Å². The zero-order valence-corrected chi connectivity index (χ0v) is 11.1. The first kappa shape index (κ1) is 17.5. The van der Waals surface area contributed by atoms with Crippen molar-refractivity contribution in [2.45, 2.75) is 45.0 Å². The van der Waals surface area contributed by atoms with Crippen LogP contribution in [0.1, 0.15) is 27.2 Å². The molecule has 0 saturated heterocycles. The predicted molar refractivity (Wildman–Crippen MR) is 59.0 cm³/mol. The Hall–Kier alpha value is -1.51. The number of carbonyl (C=O) groups excluding carboxylic acids is 2. The molecular weight excluding hydrogens is 269 g/mol. The van der Waals surface area contributed by atoms with Crippen LogP contribution in [0.25, 0.3) is 0 Å². The minimum atomic E-state index is -4.72. The molecule has 0 aromatic rings. The molecule has 0 fully saturated rings. The van der Waals surface area contributed by atoms with Crippen LogP contribution in [-0.4, -0.2) is 37.0 Å². The Labute approximate surface area is 108 Å². The number of hydrazine groups is 1. The Balaban J connectivity index is 4.43. The van der Waals surface area contributed by atoms with E-state index in [1.54, 1.807) is 31.6 Å². The first-order chi connectivity index (χ1) is 8.45. The van der Waals surface area contributed by atoms with Gasteiger partial charge < -0.3 is 9.47 Å². The average molecular weight is 286 g/mol. The van der Waals surface area contributed by atoms with Crippen LogP contribution in [0.3, 0.4) is 0 Å². The van der Waals surface area contributed by atoms with Gasteiger partial charge in [0, 0.05) is 0 Å². The van der Waals surface area contributed by atoms with Crippen molar-refractivity contribution in [1.82, 2.24) is 10.9 Å². The van der Waals surface area contributed by atoms with E-state index in [4.69, 9.17) is 4.74 Å². The van der Waals surface area contributed by atoms with E-state index < -0.39 is 36.3 Å². The minimum Gasteiger partial charge on any atom is -0.469 e. The standard InChI is InChI=1S/C10H17F3N2O4/c1-9(2,3)19-8(17)15-14-6(10(11,12)13)5-7(16)18-4/h6,14H,5H2,1-4H3,(H,15,17)/t6-/m0/s1. The number of rotatable bonds is 4. The van der Waals surface area contributed by atoms with Gasteiger partial charge in [-0.15, -0.1) is 0 Å². The molecule has 112 valence electrons. The highest BCUT2D eigenvalue weighted by Gasteiger charge is 2.41. The Morgan fingerprint density at radius 1 is 1.21 bits per heavy atom. The van der Waals surface area contributed by atoms with Crippen LogP contribution in [0.2, 0.25) is 0 Å². The first-order valence-electron chi connectivity index (χ1n) is 5.33. The lowest BCUT2D eigenvalue weighted by molar-refractivity contribution is -0.170. The zero-order valence-electron chi connectivity index (χ0n) is 11.1. The highest BCUT2D eigenvalue weighted by atomic mass is 19.4. The molecule has 6 nitrogen and oxygen atoms in total. The second kappa shape index (κ2) is 6.60. The number of carbonyl (C=O) groups is 2. The van der Waals surface area contributed by atoms with E-state index in [0.717, 1.165) is 7.11 Å². The van der Waals surface area contributed by atoms with Gasteiger partial charge in [-0.3, -0.25) is 10.2 Å². The van der Waals surface area contributed by atoms with Gasteiger partial charge in [-0.25, -0.2) is 10.2 Å². The van der Waals surface area contributed by atoms with E-state index >= 15 is 0 Å². The van der Waals surface area contributed by atoms with Gasteiger partial charge in [0.05, 0.1) is 13.5 Å². The first-order valence-corrected chi connectivity index (χ1v) is 5.33. The molecule has 0 aromatic heterocycles. The van der Waals surface area contributed by atoms with E-state index in [0.29, 0.717) is 0 Å². The maximum atomic E-state index is 12.5.